The van der Waals surface area contributed by atoms with Crippen LogP contribution in [0.2, 0.25) is 0 Å². The Morgan fingerprint density at radius 2 is 1.94 bits per heavy atom. The summed E-state index contributed by atoms with van der Waals surface area (Å²) in [6, 6.07) is 0. The van der Waals surface area contributed by atoms with Gasteiger partial charge in [0.2, 0.25) is 0 Å². The van der Waals surface area contributed by atoms with E-state index in [0.29, 0.717) is 0 Å². The average Bonchev–Trinajstić information content (AvgIpc) is 2.72. The van der Waals surface area contributed by atoms with E-state index in [4.69, 9.17) is 20.1 Å². The van der Waals surface area contributed by atoms with Gasteiger partial charge in [-0.3, -0.25) is 9.59 Å². The molecule has 2 aliphatic heterocycles. The van der Waals surface area contributed by atoms with Crippen LogP contribution in [0, 0.1) is 11.8 Å². The van der Waals surface area contributed by atoms with E-state index in [9.17, 15) is 9.59 Å². The van der Waals surface area contributed by atoms with Gasteiger partial charge in [-0.25, -0.2) is 0 Å². The maximum atomic E-state index is 11.0. The number of carboxylic acid groups (broad SMARTS) is 2. The normalized spacial score (nSPS) is 39.4. The van der Waals surface area contributed by atoms with E-state index in [0.717, 1.165) is 0 Å². The third-order valence-electron chi connectivity index (χ3n) is 2.96. The molecule has 4 unspecified atom stereocenters. The molecule has 0 aromatic rings. The van der Waals surface area contributed by atoms with Gasteiger partial charge >= 0.3 is 41.5 Å². The Kier molecular flexibility index (Phi) is 3.81. The van der Waals surface area contributed by atoms with E-state index in [2.05, 4.69) is 0 Å². The quantitative estimate of drug-likeness (QED) is 0.342. The number of aliphatic carboxylic acids is 2. The van der Waals surface area contributed by atoms with Crippen LogP contribution in [-0.4, -0.2) is 45.6 Å². The Bertz CT molecular complexity index is 354. The van der Waals surface area contributed by atoms with E-state index in [1.807, 2.05) is 0 Å². The summed E-state index contributed by atoms with van der Waals surface area (Å²) in [5, 5.41) is 27.0. The molecular weight excluding hydrogens is 227 g/mol. The SMILES string of the molecule is O=C(O)C1C2C=CC(CO)(O2)C1C(=O)O.[Na+]. The molecule has 0 radical (unpaired) electrons. The number of hydrogen-bond acceptors (Lipinski definition) is 4. The summed E-state index contributed by atoms with van der Waals surface area (Å²) in [7, 11) is 0. The number of hydrogen-bond donors (Lipinski definition) is 3. The van der Waals surface area contributed by atoms with Crippen molar-refractivity contribution in [3.05, 3.63) is 12.2 Å². The molecule has 1 fully saturated rings. The topological polar surface area (TPSA) is 104 Å². The summed E-state index contributed by atoms with van der Waals surface area (Å²) in [6.45, 7) is -0.527. The van der Waals surface area contributed by atoms with Gasteiger partial charge in [-0.05, 0) is 0 Å². The van der Waals surface area contributed by atoms with Crippen molar-refractivity contribution in [2.75, 3.05) is 6.61 Å². The molecule has 0 spiro atoms. The van der Waals surface area contributed by atoms with Crippen LogP contribution in [0.3, 0.4) is 0 Å². The van der Waals surface area contributed by atoms with Gasteiger partial charge in [-0.1, -0.05) is 12.2 Å². The number of carbonyl (C=O) groups is 2. The predicted octanol–water partition coefficient (Wildman–Crippen LogP) is -3.91. The summed E-state index contributed by atoms with van der Waals surface area (Å²) < 4.78 is 5.23. The van der Waals surface area contributed by atoms with Gasteiger partial charge in [-0.2, -0.15) is 0 Å². The molecule has 2 aliphatic rings. The fourth-order valence-corrected chi connectivity index (χ4v) is 2.29. The molecule has 0 amide bonds. The third kappa shape index (κ3) is 1.70. The first kappa shape index (κ1) is 13.7. The molecule has 0 aliphatic carbocycles. The van der Waals surface area contributed by atoms with Crippen LogP contribution < -0.4 is 29.6 Å². The Labute approximate surface area is 113 Å². The van der Waals surface area contributed by atoms with Crippen molar-refractivity contribution in [1.29, 1.82) is 0 Å². The second-order valence-corrected chi connectivity index (χ2v) is 3.73. The summed E-state index contributed by atoms with van der Waals surface area (Å²) in [5.74, 6) is -4.83. The zero-order valence-corrected chi connectivity index (χ0v) is 10.7. The maximum absolute atomic E-state index is 11.0. The fraction of sp³-hybridized carbons (Fsp3) is 0.556. The first-order valence-corrected chi connectivity index (χ1v) is 4.45. The largest absolute Gasteiger partial charge is 1.00 e. The molecule has 2 bridgehead atoms. The Hall–Kier alpha value is -0.400. The number of carboxylic acids is 2. The molecule has 6 nitrogen and oxygen atoms in total. The number of fused-ring (bicyclic) bond motifs is 2. The van der Waals surface area contributed by atoms with Crippen molar-refractivity contribution in [2.45, 2.75) is 11.7 Å². The van der Waals surface area contributed by atoms with Crippen LogP contribution in [0.25, 0.3) is 0 Å². The molecule has 82 valence electrons. The van der Waals surface area contributed by atoms with Crippen molar-refractivity contribution in [1.82, 2.24) is 0 Å². The minimum absolute atomic E-state index is 0. The van der Waals surface area contributed by atoms with Gasteiger partial charge in [0.25, 0.3) is 0 Å². The fourth-order valence-electron chi connectivity index (χ4n) is 2.29. The van der Waals surface area contributed by atoms with Crippen LogP contribution in [-0.2, 0) is 14.3 Å². The van der Waals surface area contributed by atoms with E-state index in [-0.39, 0.29) is 29.6 Å². The molecule has 4 atom stereocenters. The molecule has 2 heterocycles. The minimum atomic E-state index is -1.36. The second-order valence-electron chi connectivity index (χ2n) is 3.73. The monoisotopic (exact) mass is 237 g/mol. The van der Waals surface area contributed by atoms with Gasteiger partial charge < -0.3 is 20.1 Å². The Morgan fingerprint density at radius 3 is 2.38 bits per heavy atom. The van der Waals surface area contributed by atoms with E-state index in [1.165, 1.54) is 12.2 Å². The van der Waals surface area contributed by atoms with Gasteiger partial charge in [0.05, 0.1) is 12.7 Å². The van der Waals surface area contributed by atoms with E-state index < -0.39 is 42.1 Å². The molecule has 7 heteroatoms. The van der Waals surface area contributed by atoms with Crippen LogP contribution in [0.4, 0.5) is 0 Å². The standard InChI is InChI=1S/C9H10O6.Na/c10-3-9-2-1-4(15-9)5(7(11)12)6(9)8(13)14;/h1-2,4-6,10H,3H2,(H,11,12)(H,13,14);/q;+1. The average molecular weight is 237 g/mol. The zero-order chi connectivity index (χ0) is 11.2. The van der Waals surface area contributed by atoms with Gasteiger partial charge in [0, 0.05) is 0 Å². The Balaban J connectivity index is 0.00000128. The predicted molar refractivity (Wildman–Crippen MR) is 46.1 cm³/mol. The first-order valence-electron chi connectivity index (χ1n) is 4.45. The van der Waals surface area contributed by atoms with Crippen molar-refractivity contribution >= 4 is 11.9 Å². The van der Waals surface area contributed by atoms with E-state index >= 15 is 0 Å². The summed E-state index contributed by atoms with van der Waals surface area (Å²) in [5.41, 5.74) is -1.36. The molecule has 3 N–H and O–H groups in total. The van der Waals surface area contributed by atoms with E-state index in [1.54, 1.807) is 0 Å². The van der Waals surface area contributed by atoms with Crippen LogP contribution in [0.5, 0.6) is 0 Å². The number of ether oxygens (including phenoxy) is 1. The summed E-state index contributed by atoms with van der Waals surface area (Å²) in [4.78, 5) is 21.9. The molecule has 1 saturated heterocycles. The van der Waals surface area contributed by atoms with Gasteiger partial charge in [0.1, 0.15) is 17.4 Å². The van der Waals surface area contributed by atoms with Crippen molar-refractivity contribution in [3.63, 3.8) is 0 Å². The van der Waals surface area contributed by atoms with Crippen molar-refractivity contribution in [3.8, 4) is 0 Å². The summed E-state index contributed by atoms with van der Waals surface area (Å²) >= 11 is 0. The van der Waals surface area contributed by atoms with Gasteiger partial charge in [0.15, 0.2) is 0 Å². The molecule has 0 aromatic heterocycles. The molecule has 0 aromatic carbocycles. The number of aliphatic hydroxyl groups is 1. The smallest absolute Gasteiger partial charge is 0.481 e. The van der Waals surface area contributed by atoms with Crippen LogP contribution in [0.15, 0.2) is 12.2 Å². The molecule has 2 rings (SSSR count). The summed E-state index contributed by atoms with van der Waals surface area (Å²) in [6.07, 6.45) is 2.18. The van der Waals surface area contributed by atoms with Crippen molar-refractivity contribution in [2.24, 2.45) is 11.8 Å². The molecule has 16 heavy (non-hydrogen) atoms. The van der Waals surface area contributed by atoms with Gasteiger partial charge in [-0.15, -0.1) is 0 Å². The minimum Gasteiger partial charge on any atom is -0.481 e. The first-order chi connectivity index (χ1) is 7.02. The van der Waals surface area contributed by atoms with Crippen LogP contribution >= 0.6 is 0 Å². The number of rotatable bonds is 3. The maximum Gasteiger partial charge on any atom is 1.00 e. The third-order valence-corrected chi connectivity index (χ3v) is 2.96. The Morgan fingerprint density at radius 1 is 1.31 bits per heavy atom. The molecular formula is C9H10NaO6+. The molecule has 0 saturated carbocycles. The second kappa shape index (κ2) is 4.46. The zero-order valence-electron chi connectivity index (χ0n) is 8.66. The number of aliphatic hydroxyl groups excluding tert-OH is 1. The van der Waals surface area contributed by atoms with Crippen LogP contribution in [0.1, 0.15) is 0 Å². The van der Waals surface area contributed by atoms with Crippen molar-refractivity contribution < 1.29 is 59.2 Å².